The van der Waals surface area contributed by atoms with Crippen LogP contribution in [0.5, 0.6) is 0 Å². The van der Waals surface area contributed by atoms with Gasteiger partial charge in [0, 0.05) is 23.3 Å². The third-order valence-corrected chi connectivity index (χ3v) is 4.84. The maximum Gasteiger partial charge on any atom is 0.335 e. The maximum absolute atomic E-state index is 12.9. The lowest BCUT2D eigenvalue weighted by Gasteiger charge is -2.13. The van der Waals surface area contributed by atoms with Gasteiger partial charge in [0.2, 0.25) is 0 Å². The second-order valence-corrected chi connectivity index (χ2v) is 6.69. The highest BCUT2D eigenvalue weighted by Crippen LogP contribution is 2.30. The lowest BCUT2D eigenvalue weighted by atomic mass is 9.99. The first-order chi connectivity index (χ1) is 14.8. The highest BCUT2D eigenvalue weighted by atomic mass is 16.6. The number of anilines is 1. The molecule has 0 saturated carbocycles. The summed E-state index contributed by atoms with van der Waals surface area (Å²) in [6, 6.07) is 14.5. The van der Waals surface area contributed by atoms with Gasteiger partial charge >= 0.3 is 5.97 Å². The lowest BCUT2D eigenvalue weighted by Crippen LogP contribution is -2.29. The highest BCUT2D eigenvalue weighted by Gasteiger charge is 2.37. The third-order valence-electron chi connectivity index (χ3n) is 4.84. The van der Waals surface area contributed by atoms with Crippen molar-refractivity contribution in [2.45, 2.75) is 0 Å². The number of non-ortho nitro benzene ring substituents is 1. The predicted octanol–water partition coefficient (Wildman–Crippen LogP) is 3.32. The molecule has 3 aromatic carbocycles. The molecule has 152 valence electrons. The van der Waals surface area contributed by atoms with E-state index in [9.17, 15) is 29.3 Å². The average Bonchev–Trinajstić information content (AvgIpc) is 3.03. The number of carboxylic acid groups (broad SMARTS) is 1. The van der Waals surface area contributed by atoms with Gasteiger partial charge in [-0.25, -0.2) is 9.69 Å². The van der Waals surface area contributed by atoms with Gasteiger partial charge in [0.15, 0.2) is 5.78 Å². The van der Waals surface area contributed by atoms with Gasteiger partial charge in [-0.15, -0.1) is 0 Å². The Labute approximate surface area is 174 Å². The summed E-state index contributed by atoms with van der Waals surface area (Å²) in [7, 11) is 0. The number of aromatic carboxylic acids is 1. The molecule has 9 nitrogen and oxygen atoms in total. The van der Waals surface area contributed by atoms with E-state index < -0.39 is 28.5 Å². The molecule has 1 N–H and O–H groups in total. The molecule has 4 rings (SSSR count). The molecule has 0 aliphatic carbocycles. The van der Waals surface area contributed by atoms with Crippen LogP contribution in [-0.4, -0.2) is 33.6 Å². The zero-order valence-corrected chi connectivity index (χ0v) is 15.6. The highest BCUT2D eigenvalue weighted by molar-refractivity contribution is 6.35. The number of hydrogen-bond donors (Lipinski definition) is 1. The van der Waals surface area contributed by atoms with Crippen LogP contribution in [0.3, 0.4) is 0 Å². The molecule has 31 heavy (non-hydrogen) atoms. The van der Waals surface area contributed by atoms with Crippen molar-refractivity contribution < 1.29 is 29.2 Å². The number of carbonyl (C=O) groups is 4. The molecule has 0 fully saturated rings. The first-order valence-corrected chi connectivity index (χ1v) is 8.93. The molecule has 0 unspecified atom stereocenters. The van der Waals surface area contributed by atoms with Crippen molar-refractivity contribution in [3.8, 4) is 0 Å². The average molecular weight is 416 g/mol. The number of nitro benzene ring substituents is 1. The van der Waals surface area contributed by atoms with Gasteiger partial charge in [-0.2, -0.15) is 0 Å². The van der Waals surface area contributed by atoms with Crippen LogP contribution >= 0.6 is 0 Å². The number of carbonyl (C=O) groups excluding carboxylic acids is 3. The molecule has 0 bridgehead atoms. The van der Waals surface area contributed by atoms with Crippen molar-refractivity contribution in [3.63, 3.8) is 0 Å². The molecule has 2 amide bonds. The van der Waals surface area contributed by atoms with Crippen molar-refractivity contribution >= 4 is 34.9 Å². The zero-order chi connectivity index (χ0) is 22.3. The van der Waals surface area contributed by atoms with E-state index in [4.69, 9.17) is 5.11 Å². The SMILES string of the molecule is O=C(O)c1ccc(N2C(=O)c3ccc(C(=O)c4cccc([N+](=O)[O-])c4)cc3C2=O)cc1. The van der Waals surface area contributed by atoms with Gasteiger partial charge in [-0.1, -0.05) is 18.2 Å². The quantitative estimate of drug-likeness (QED) is 0.292. The Morgan fingerprint density at radius 2 is 1.42 bits per heavy atom. The van der Waals surface area contributed by atoms with E-state index in [1.165, 1.54) is 60.7 Å². The number of fused-ring (bicyclic) bond motifs is 1. The summed E-state index contributed by atoms with van der Waals surface area (Å²) in [4.78, 5) is 60.6. The van der Waals surface area contributed by atoms with Crippen LogP contribution in [0.1, 0.15) is 47.0 Å². The van der Waals surface area contributed by atoms with Gasteiger partial charge in [-0.3, -0.25) is 24.5 Å². The number of imide groups is 1. The predicted molar refractivity (Wildman–Crippen MR) is 108 cm³/mol. The molecular weight excluding hydrogens is 404 g/mol. The minimum absolute atomic E-state index is 0.00481. The minimum atomic E-state index is -1.14. The molecule has 1 aliphatic rings. The Balaban J connectivity index is 1.68. The summed E-state index contributed by atoms with van der Waals surface area (Å²) in [5, 5.41) is 19.9. The molecule has 0 atom stereocenters. The van der Waals surface area contributed by atoms with Crippen molar-refractivity contribution in [2.75, 3.05) is 4.90 Å². The summed E-state index contributed by atoms with van der Waals surface area (Å²) < 4.78 is 0. The first-order valence-electron chi connectivity index (χ1n) is 8.93. The number of nitro groups is 1. The number of ketones is 1. The Kier molecular flexibility index (Phi) is 4.63. The zero-order valence-electron chi connectivity index (χ0n) is 15.6. The molecule has 3 aromatic rings. The van der Waals surface area contributed by atoms with E-state index in [2.05, 4.69) is 0 Å². The van der Waals surface area contributed by atoms with Crippen LogP contribution in [0.25, 0.3) is 0 Å². The minimum Gasteiger partial charge on any atom is -0.478 e. The number of amides is 2. The normalized spacial score (nSPS) is 12.6. The smallest absolute Gasteiger partial charge is 0.335 e. The fourth-order valence-electron chi connectivity index (χ4n) is 3.30. The Morgan fingerprint density at radius 1 is 0.806 bits per heavy atom. The lowest BCUT2D eigenvalue weighted by molar-refractivity contribution is -0.384. The molecule has 1 heterocycles. The van der Waals surface area contributed by atoms with Gasteiger partial charge in [0.25, 0.3) is 17.5 Å². The molecule has 0 spiro atoms. The van der Waals surface area contributed by atoms with Crippen LogP contribution in [0.2, 0.25) is 0 Å². The Hall–Kier alpha value is -4.66. The second kappa shape index (κ2) is 7.30. The maximum atomic E-state index is 12.9. The molecular formula is C22H12N2O7. The summed E-state index contributed by atoms with van der Waals surface area (Å²) in [6.07, 6.45) is 0. The third kappa shape index (κ3) is 3.33. The molecule has 0 saturated heterocycles. The second-order valence-electron chi connectivity index (χ2n) is 6.69. The molecule has 9 heteroatoms. The number of hydrogen-bond acceptors (Lipinski definition) is 6. The summed E-state index contributed by atoms with van der Waals surface area (Å²) in [5.74, 6) is -2.93. The van der Waals surface area contributed by atoms with Crippen LogP contribution in [0, 0.1) is 10.1 Å². The fourth-order valence-corrected chi connectivity index (χ4v) is 3.30. The fraction of sp³-hybridized carbons (Fsp3) is 0. The molecule has 0 radical (unpaired) electrons. The number of carboxylic acids is 1. The van der Waals surface area contributed by atoms with Crippen LogP contribution < -0.4 is 4.90 Å². The topological polar surface area (TPSA) is 135 Å². The number of rotatable bonds is 5. The van der Waals surface area contributed by atoms with Gasteiger partial charge in [-0.05, 0) is 36.4 Å². The molecule has 0 aromatic heterocycles. The van der Waals surface area contributed by atoms with Crippen molar-refractivity contribution in [3.05, 3.63) is 105 Å². The standard InChI is InChI=1S/C22H12N2O7/c25-19(13-2-1-3-16(10-13)24(30)31)14-6-9-17-18(11-14)21(27)23(20(17)26)15-7-4-12(5-8-15)22(28)29/h1-11H,(H,28,29). The first kappa shape index (κ1) is 19.6. The van der Waals surface area contributed by atoms with E-state index in [0.29, 0.717) is 0 Å². The Morgan fingerprint density at radius 3 is 2.06 bits per heavy atom. The van der Waals surface area contributed by atoms with E-state index >= 15 is 0 Å². The van der Waals surface area contributed by atoms with E-state index in [1.54, 1.807) is 0 Å². The van der Waals surface area contributed by atoms with E-state index in [-0.39, 0.29) is 39.2 Å². The van der Waals surface area contributed by atoms with Crippen molar-refractivity contribution in [1.82, 2.24) is 0 Å². The molecule has 1 aliphatic heterocycles. The van der Waals surface area contributed by atoms with Crippen LogP contribution in [0.4, 0.5) is 11.4 Å². The Bertz CT molecular complexity index is 1300. The summed E-state index contributed by atoms with van der Waals surface area (Å²) in [5.41, 5.74) is 0.254. The van der Waals surface area contributed by atoms with Gasteiger partial charge < -0.3 is 5.11 Å². The van der Waals surface area contributed by atoms with Crippen LogP contribution in [0.15, 0.2) is 66.7 Å². The number of benzene rings is 3. The van der Waals surface area contributed by atoms with E-state index in [0.717, 1.165) is 11.0 Å². The van der Waals surface area contributed by atoms with E-state index in [1.807, 2.05) is 0 Å². The largest absolute Gasteiger partial charge is 0.478 e. The van der Waals surface area contributed by atoms with Crippen molar-refractivity contribution in [1.29, 1.82) is 0 Å². The van der Waals surface area contributed by atoms with Gasteiger partial charge in [0.1, 0.15) is 0 Å². The van der Waals surface area contributed by atoms with Crippen LogP contribution in [-0.2, 0) is 0 Å². The number of nitrogens with zero attached hydrogens (tertiary/aromatic N) is 2. The monoisotopic (exact) mass is 416 g/mol. The summed E-state index contributed by atoms with van der Waals surface area (Å²) in [6.45, 7) is 0. The summed E-state index contributed by atoms with van der Waals surface area (Å²) >= 11 is 0. The van der Waals surface area contributed by atoms with Crippen molar-refractivity contribution in [2.24, 2.45) is 0 Å². The van der Waals surface area contributed by atoms with Gasteiger partial charge in [0.05, 0.1) is 27.3 Å².